The highest BCUT2D eigenvalue weighted by Gasteiger charge is 2.36. The Morgan fingerprint density at radius 2 is 2.25 bits per heavy atom. The average Bonchev–Trinajstić information content (AvgIpc) is 3.11. The molecule has 7 heteroatoms. The number of rotatable bonds is 4. The summed E-state index contributed by atoms with van der Waals surface area (Å²) in [5.74, 6) is 0.824. The normalized spacial score (nSPS) is 18.1. The lowest BCUT2D eigenvalue weighted by molar-refractivity contribution is -0.130. The number of hydrogen-bond acceptors (Lipinski definition) is 4. The fourth-order valence-corrected chi connectivity index (χ4v) is 3.87. The highest BCUT2D eigenvalue weighted by atomic mass is 79.9. The molecule has 5 nitrogen and oxygen atoms in total. The molecule has 1 aromatic carbocycles. The summed E-state index contributed by atoms with van der Waals surface area (Å²) in [5, 5.41) is 4.75. The summed E-state index contributed by atoms with van der Waals surface area (Å²) in [6.45, 7) is 5.74. The van der Waals surface area contributed by atoms with E-state index in [0.29, 0.717) is 17.2 Å². The molecule has 0 aliphatic carbocycles. The number of ketones is 1. The summed E-state index contributed by atoms with van der Waals surface area (Å²) in [7, 11) is 0. The second-order valence-corrected chi connectivity index (χ2v) is 8.38. The van der Waals surface area contributed by atoms with Crippen molar-refractivity contribution in [3.63, 3.8) is 0 Å². The van der Waals surface area contributed by atoms with Gasteiger partial charge in [-0.1, -0.05) is 48.3 Å². The summed E-state index contributed by atoms with van der Waals surface area (Å²) < 4.78 is 8.57. The van der Waals surface area contributed by atoms with Gasteiger partial charge >= 0.3 is 0 Å². The molecule has 1 aromatic heterocycles. The molecular formula is C17H19BrClN3O2. The van der Waals surface area contributed by atoms with Crippen LogP contribution in [0, 0.1) is 5.41 Å². The number of fused-ring (bicyclic) bond motifs is 1. The smallest absolute Gasteiger partial charge is 0.162 e. The van der Waals surface area contributed by atoms with Crippen molar-refractivity contribution in [1.82, 2.24) is 14.8 Å². The Balaban J connectivity index is 1.83. The number of nitrogens with zero attached hydrogens (tertiary/aromatic N) is 3. The van der Waals surface area contributed by atoms with Crippen LogP contribution in [0.3, 0.4) is 0 Å². The molecule has 24 heavy (non-hydrogen) atoms. The standard InChI is InChI=1S/C17H19BrClN3O2/c1-17(2,3)16(23)14(22-9-20-8-21-22)7-12-5-10-4-11(18)6-13(19)15(10)24-12/h4,6,8-9,12,14H,5,7H2,1-3H3. The van der Waals surface area contributed by atoms with E-state index < -0.39 is 11.5 Å². The van der Waals surface area contributed by atoms with Crippen molar-refractivity contribution in [3.05, 3.63) is 39.8 Å². The number of ether oxygens (including phenoxy) is 1. The predicted octanol–water partition coefficient (Wildman–Crippen LogP) is 4.24. The number of halogens is 2. The van der Waals surface area contributed by atoms with Crippen LogP contribution in [0.5, 0.6) is 5.75 Å². The van der Waals surface area contributed by atoms with Crippen LogP contribution in [0.25, 0.3) is 0 Å². The zero-order valence-corrected chi connectivity index (χ0v) is 16.1. The monoisotopic (exact) mass is 411 g/mol. The van der Waals surface area contributed by atoms with Crippen LogP contribution in [-0.4, -0.2) is 26.7 Å². The van der Waals surface area contributed by atoms with Gasteiger partial charge in [-0.05, 0) is 12.1 Å². The first kappa shape index (κ1) is 17.4. The largest absolute Gasteiger partial charge is 0.488 e. The van der Waals surface area contributed by atoms with Crippen LogP contribution >= 0.6 is 27.5 Å². The zero-order valence-electron chi connectivity index (χ0n) is 13.8. The number of carbonyl (C=O) groups excluding carboxylic acids is 1. The fraction of sp³-hybridized carbons (Fsp3) is 0.471. The Bertz CT molecular complexity index is 756. The molecule has 1 aliphatic rings. The van der Waals surface area contributed by atoms with Crippen LogP contribution in [-0.2, 0) is 11.2 Å². The Morgan fingerprint density at radius 3 is 2.88 bits per heavy atom. The Hall–Kier alpha value is -1.40. The highest BCUT2D eigenvalue weighted by molar-refractivity contribution is 9.10. The fourth-order valence-electron chi connectivity index (χ4n) is 2.94. The van der Waals surface area contributed by atoms with Crippen LogP contribution in [0.4, 0.5) is 0 Å². The first-order valence-corrected chi connectivity index (χ1v) is 8.96. The van der Waals surface area contributed by atoms with E-state index in [9.17, 15) is 4.79 Å². The van der Waals surface area contributed by atoms with E-state index in [1.54, 1.807) is 11.0 Å². The third-order valence-corrected chi connectivity index (χ3v) is 4.84. The van der Waals surface area contributed by atoms with Crippen LogP contribution in [0.2, 0.25) is 5.02 Å². The van der Waals surface area contributed by atoms with Crippen LogP contribution in [0.1, 0.15) is 38.8 Å². The van der Waals surface area contributed by atoms with Crippen LogP contribution in [0.15, 0.2) is 29.3 Å². The molecular weight excluding hydrogens is 394 g/mol. The van der Waals surface area contributed by atoms with E-state index in [1.165, 1.54) is 6.33 Å². The molecule has 2 heterocycles. The minimum Gasteiger partial charge on any atom is -0.488 e. The molecule has 0 bridgehead atoms. The summed E-state index contributed by atoms with van der Waals surface area (Å²) in [5.41, 5.74) is 0.586. The molecule has 3 rings (SSSR count). The summed E-state index contributed by atoms with van der Waals surface area (Å²) in [6.07, 6.45) is 4.16. The zero-order chi connectivity index (χ0) is 17.5. The van der Waals surface area contributed by atoms with Crippen molar-refractivity contribution in [2.24, 2.45) is 5.41 Å². The maximum absolute atomic E-state index is 12.9. The highest BCUT2D eigenvalue weighted by Crippen LogP contribution is 2.40. The molecule has 128 valence electrons. The number of benzene rings is 1. The lowest BCUT2D eigenvalue weighted by Gasteiger charge is -2.26. The molecule has 0 amide bonds. The minimum absolute atomic E-state index is 0.111. The number of carbonyl (C=O) groups is 1. The van der Waals surface area contributed by atoms with Crippen molar-refractivity contribution in [2.45, 2.75) is 45.8 Å². The van der Waals surface area contributed by atoms with Gasteiger partial charge in [0, 0.05) is 28.3 Å². The van der Waals surface area contributed by atoms with Gasteiger partial charge in [0.05, 0.1) is 5.02 Å². The molecule has 0 radical (unpaired) electrons. The van der Waals surface area contributed by atoms with Gasteiger partial charge in [-0.2, -0.15) is 5.10 Å². The minimum atomic E-state index is -0.469. The summed E-state index contributed by atoms with van der Waals surface area (Å²) in [4.78, 5) is 16.8. The molecule has 2 aromatic rings. The topological polar surface area (TPSA) is 57.0 Å². The SMILES string of the molecule is CC(C)(C)C(=O)C(CC1Cc2cc(Br)cc(Cl)c2O1)n1cncn1. The Labute approximate surface area is 154 Å². The van der Waals surface area contributed by atoms with E-state index in [0.717, 1.165) is 16.5 Å². The predicted molar refractivity (Wildman–Crippen MR) is 95.4 cm³/mol. The first-order chi connectivity index (χ1) is 11.3. The second-order valence-electron chi connectivity index (χ2n) is 7.06. The molecule has 2 atom stereocenters. The quantitative estimate of drug-likeness (QED) is 0.753. The molecule has 0 spiro atoms. The molecule has 0 fully saturated rings. The lowest BCUT2D eigenvalue weighted by atomic mass is 9.84. The first-order valence-electron chi connectivity index (χ1n) is 7.78. The number of Topliss-reactive ketones (excluding diaryl/α,β-unsaturated/α-hetero) is 1. The molecule has 1 aliphatic heterocycles. The summed E-state index contributed by atoms with van der Waals surface area (Å²) >= 11 is 9.71. The average molecular weight is 413 g/mol. The van der Waals surface area contributed by atoms with Crippen molar-refractivity contribution < 1.29 is 9.53 Å². The van der Waals surface area contributed by atoms with E-state index >= 15 is 0 Å². The van der Waals surface area contributed by atoms with Gasteiger partial charge in [0.2, 0.25) is 0 Å². The van der Waals surface area contributed by atoms with E-state index in [2.05, 4.69) is 26.0 Å². The van der Waals surface area contributed by atoms with E-state index in [-0.39, 0.29) is 11.9 Å². The molecule has 0 N–H and O–H groups in total. The molecule has 0 saturated heterocycles. The van der Waals surface area contributed by atoms with Gasteiger partial charge in [0.1, 0.15) is 30.5 Å². The van der Waals surface area contributed by atoms with Crippen LogP contribution < -0.4 is 4.74 Å². The molecule has 0 saturated carbocycles. The summed E-state index contributed by atoms with van der Waals surface area (Å²) in [6, 6.07) is 3.42. The van der Waals surface area contributed by atoms with Crippen molar-refractivity contribution in [1.29, 1.82) is 0 Å². The third-order valence-electron chi connectivity index (χ3n) is 4.10. The van der Waals surface area contributed by atoms with Gasteiger partial charge in [-0.25, -0.2) is 9.67 Å². The van der Waals surface area contributed by atoms with Gasteiger partial charge in [0.25, 0.3) is 0 Å². The maximum atomic E-state index is 12.9. The van der Waals surface area contributed by atoms with Gasteiger partial charge in [0.15, 0.2) is 5.78 Å². The Kier molecular flexibility index (Phi) is 4.71. The van der Waals surface area contributed by atoms with Crippen molar-refractivity contribution >= 4 is 33.3 Å². The van der Waals surface area contributed by atoms with Gasteiger partial charge in [-0.15, -0.1) is 0 Å². The Morgan fingerprint density at radius 1 is 1.50 bits per heavy atom. The van der Waals surface area contributed by atoms with Gasteiger partial charge in [-0.3, -0.25) is 4.79 Å². The lowest BCUT2D eigenvalue weighted by Crippen LogP contribution is -2.34. The molecule has 2 unspecified atom stereocenters. The van der Waals surface area contributed by atoms with E-state index in [4.69, 9.17) is 16.3 Å². The number of aromatic nitrogens is 3. The number of hydrogen-bond donors (Lipinski definition) is 0. The van der Waals surface area contributed by atoms with Crippen molar-refractivity contribution in [2.75, 3.05) is 0 Å². The van der Waals surface area contributed by atoms with Gasteiger partial charge < -0.3 is 4.74 Å². The second kappa shape index (κ2) is 6.48. The third kappa shape index (κ3) is 3.49. The van der Waals surface area contributed by atoms with Crippen molar-refractivity contribution in [3.8, 4) is 5.75 Å². The van der Waals surface area contributed by atoms with E-state index in [1.807, 2.05) is 32.9 Å². The maximum Gasteiger partial charge on any atom is 0.162 e.